The summed E-state index contributed by atoms with van der Waals surface area (Å²) in [5.41, 5.74) is -1.73. The molecule has 1 N–H and O–H groups in total. The van der Waals surface area contributed by atoms with E-state index in [0.717, 1.165) is 23.1 Å². The molecule has 3 rings (SSSR count). The lowest BCUT2D eigenvalue weighted by Crippen LogP contribution is -2.59. The fourth-order valence-electron chi connectivity index (χ4n) is 4.97. The molecule has 1 spiro atoms. The molecule has 1 aromatic rings. The lowest BCUT2D eigenvalue weighted by atomic mass is 9.85. The van der Waals surface area contributed by atoms with Crippen LogP contribution in [0.25, 0.3) is 0 Å². The van der Waals surface area contributed by atoms with Gasteiger partial charge in [-0.3, -0.25) is 24.2 Å². The predicted molar refractivity (Wildman–Crippen MR) is 139 cm³/mol. The minimum Gasteiger partial charge on any atom is -0.341 e. The third-order valence-corrected chi connectivity index (χ3v) is 7.12. The number of hydrogen-bond acceptors (Lipinski definition) is 4. The van der Waals surface area contributed by atoms with Crippen LogP contribution < -0.4 is 5.32 Å². The van der Waals surface area contributed by atoms with Crippen LogP contribution in [0.5, 0.6) is 0 Å². The summed E-state index contributed by atoms with van der Waals surface area (Å²) in [5.74, 6) is -1.90. The van der Waals surface area contributed by atoms with Crippen LogP contribution in [0, 0.1) is 5.92 Å². The molecule has 0 aromatic heterocycles. The zero-order valence-electron chi connectivity index (χ0n) is 22.4. The Labute approximate surface area is 225 Å². The molecule has 2 heterocycles. The molecule has 1 atom stereocenters. The molecule has 0 unspecified atom stereocenters. The van der Waals surface area contributed by atoms with Crippen LogP contribution in [-0.4, -0.2) is 70.2 Å². The van der Waals surface area contributed by atoms with Crippen LogP contribution in [0.3, 0.4) is 0 Å². The molecule has 39 heavy (non-hydrogen) atoms. The maximum absolute atomic E-state index is 13.5. The van der Waals surface area contributed by atoms with Gasteiger partial charge in [-0.25, -0.2) is 4.79 Å². The Morgan fingerprint density at radius 1 is 1.13 bits per heavy atom. The fraction of sp³-hybridized carbons (Fsp3) is 0.429. The van der Waals surface area contributed by atoms with E-state index in [1.54, 1.807) is 45.1 Å². The zero-order chi connectivity index (χ0) is 29.1. The summed E-state index contributed by atoms with van der Waals surface area (Å²) in [4.78, 5) is 56.5. The summed E-state index contributed by atoms with van der Waals surface area (Å²) in [6.07, 6.45) is 2.48. The molecule has 11 heteroatoms. The molecule has 2 aliphatic heterocycles. The Bertz CT molecular complexity index is 1210. The lowest BCUT2D eigenvalue weighted by molar-refractivity contribution is -0.141. The number of carbonyl (C=O) groups is 4. The number of nitrogens with one attached hydrogen (secondary N) is 1. The molecular formula is C28H33F3N4O4. The highest BCUT2D eigenvalue weighted by atomic mass is 19.4. The third-order valence-electron chi connectivity index (χ3n) is 7.12. The van der Waals surface area contributed by atoms with E-state index in [1.807, 2.05) is 0 Å². The Morgan fingerprint density at radius 2 is 1.77 bits per heavy atom. The number of hydrogen-bond donors (Lipinski definition) is 1. The van der Waals surface area contributed by atoms with E-state index in [1.165, 1.54) is 22.9 Å². The number of benzene rings is 1. The predicted octanol–water partition coefficient (Wildman–Crippen LogP) is 4.36. The summed E-state index contributed by atoms with van der Waals surface area (Å²) in [7, 11) is 1.43. The van der Waals surface area contributed by atoms with Crippen LogP contribution in [0.4, 0.5) is 18.0 Å². The number of carbonyl (C=O) groups excluding carboxylic acids is 4. The van der Waals surface area contributed by atoms with Crippen LogP contribution in [0.15, 0.2) is 60.8 Å². The number of allylic oxidation sites excluding steroid dienone is 5. The molecule has 5 amide bonds. The van der Waals surface area contributed by atoms with Gasteiger partial charge < -0.3 is 10.2 Å². The SMILES string of the molecule is C=C/C=C\C=C(/C)N1C(=O)N(C)C(=O)C12CCN(C(=O)[C@H](NC(=O)c1cccc(C(F)(F)F)c1)C(C)C)CC2. The molecular weight excluding hydrogens is 513 g/mol. The second kappa shape index (κ2) is 11.5. The van der Waals surface area contributed by atoms with Crippen molar-refractivity contribution < 1.29 is 32.3 Å². The largest absolute Gasteiger partial charge is 0.416 e. The number of likely N-dealkylation sites (N-methyl/N-ethyl adjacent to an activating group) is 1. The molecule has 0 aliphatic carbocycles. The van der Waals surface area contributed by atoms with E-state index in [2.05, 4.69) is 11.9 Å². The summed E-state index contributed by atoms with van der Waals surface area (Å²) in [6.45, 7) is 9.09. The Hall–Kier alpha value is -3.89. The molecule has 0 saturated carbocycles. The van der Waals surface area contributed by atoms with Gasteiger partial charge in [0.25, 0.3) is 11.8 Å². The van der Waals surface area contributed by atoms with E-state index in [4.69, 9.17) is 0 Å². The highest BCUT2D eigenvalue weighted by Crippen LogP contribution is 2.39. The number of likely N-dealkylation sites (tertiary alicyclic amines) is 1. The quantitative estimate of drug-likeness (QED) is 0.407. The first-order valence-corrected chi connectivity index (χ1v) is 12.6. The number of alkyl halides is 3. The summed E-state index contributed by atoms with van der Waals surface area (Å²) in [6, 6.07) is 2.56. The normalized spacial score (nSPS) is 18.9. The van der Waals surface area contributed by atoms with E-state index in [-0.39, 0.29) is 43.3 Å². The van der Waals surface area contributed by atoms with Crippen LogP contribution in [0.1, 0.15) is 49.5 Å². The standard InChI is InChI=1S/C28H33F3N4O4/c1-6-7-8-10-19(4)35-26(39)33(5)25(38)27(35)13-15-34(16-14-27)24(37)22(18(2)3)32-23(36)20-11-9-12-21(17-20)28(29,30)31/h6-12,17-18,22H,1,13-16H2,2-5H3,(H,32,36)/b8-7-,19-10+/t22-/m1/s1. The number of amides is 5. The monoisotopic (exact) mass is 546 g/mol. The van der Waals surface area contributed by atoms with Crippen LogP contribution in [0.2, 0.25) is 0 Å². The van der Waals surface area contributed by atoms with Gasteiger partial charge in [0.05, 0.1) is 5.56 Å². The number of nitrogens with zero attached hydrogens (tertiary/aromatic N) is 3. The van der Waals surface area contributed by atoms with Gasteiger partial charge in [0.2, 0.25) is 5.91 Å². The third kappa shape index (κ3) is 5.91. The summed E-state index contributed by atoms with van der Waals surface area (Å²) >= 11 is 0. The fourth-order valence-corrected chi connectivity index (χ4v) is 4.97. The van der Waals surface area contributed by atoms with Crippen molar-refractivity contribution in [2.75, 3.05) is 20.1 Å². The topological polar surface area (TPSA) is 90.0 Å². The molecule has 2 fully saturated rings. The number of piperidine rings is 1. The van der Waals surface area contributed by atoms with Crippen LogP contribution >= 0.6 is 0 Å². The second-order valence-electron chi connectivity index (χ2n) is 10.0. The minimum atomic E-state index is -4.61. The average molecular weight is 547 g/mol. The van der Waals surface area contributed by atoms with Crippen molar-refractivity contribution in [3.63, 3.8) is 0 Å². The smallest absolute Gasteiger partial charge is 0.341 e. The van der Waals surface area contributed by atoms with Crippen molar-refractivity contribution in [2.24, 2.45) is 5.92 Å². The van der Waals surface area contributed by atoms with Gasteiger partial charge >= 0.3 is 12.2 Å². The summed E-state index contributed by atoms with van der Waals surface area (Å²) in [5, 5.41) is 2.59. The van der Waals surface area contributed by atoms with Gasteiger partial charge in [0.15, 0.2) is 0 Å². The Morgan fingerprint density at radius 3 is 2.33 bits per heavy atom. The van der Waals surface area contributed by atoms with Gasteiger partial charge in [-0.05, 0) is 50.0 Å². The van der Waals surface area contributed by atoms with E-state index < -0.39 is 41.2 Å². The maximum Gasteiger partial charge on any atom is 0.416 e. The molecule has 8 nitrogen and oxygen atoms in total. The lowest BCUT2D eigenvalue weighted by Gasteiger charge is -2.43. The van der Waals surface area contributed by atoms with Crippen molar-refractivity contribution in [1.82, 2.24) is 20.0 Å². The van der Waals surface area contributed by atoms with Crippen molar-refractivity contribution in [1.29, 1.82) is 0 Å². The second-order valence-corrected chi connectivity index (χ2v) is 10.0. The zero-order valence-corrected chi connectivity index (χ0v) is 22.4. The van der Waals surface area contributed by atoms with Gasteiger partial charge in [0, 0.05) is 31.4 Å². The van der Waals surface area contributed by atoms with Crippen molar-refractivity contribution in [2.45, 2.75) is 51.4 Å². The van der Waals surface area contributed by atoms with Crippen LogP contribution in [-0.2, 0) is 15.8 Å². The average Bonchev–Trinajstić information content (AvgIpc) is 3.07. The number of halogens is 3. The van der Waals surface area contributed by atoms with Crippen molar-refractivity contribution in [3.05, 3.63) is 72.0 Å². The highest BCUT2D eigenvalue weighted by Gasteiger charge is 2.58. The Balaban J connectivity index is 1.78. The first-order valence-electron chi connectivity index (χ1n) is 12.6. The van der Waals surface area contributed by atoms with E-state index in [0.29, 0.717) is 5.70 Å². The first kappa shape index (κ1) is 29.7. The molecule has 2 aliphatic rings. The van der Waals surface area contributed by atoms with E-state index in [9.17, 15) is 32.3 Å². The molecule has 0 radical (unpaired) electrons. The minimum absolute atomic E-state index is 0.153. The summed E-state index contributed by atoms with van der Waals surface area (Å²) < 4.78 is 39.3. The van der Waals surface area contributed by atoms with Gasteiger partial charge in [-0.2, -0.15) is 13.2 Å². The van der Waals surface area contributed by atoms with Gasteiger partial charge in [-0.1, -0.05) is 44.7 Å². The van der Waals surface area contributed by atoms with Gasteiger partial charge in [-0.15, -0.1) is 0 Å². The molecule has 2 saturated heterocycles. The van der Waals surface area contributed by atoms with E-state index >= 15 is 0 Å². The van der Waals surface area contributed by atoms with Crippen molar-refractivity contribution in [3.8, 4) is 0 Å². The number of imide groups is 1. The highest BCUT2D eigenvalue weighted by molar-refractivity contribution is 6.07. The Kier molecular flexibility index (Phi) is 8.72. The van der Waals surface area contributed by atoms with Gasteiger partial charge in [0.1, 0.15) is 11.6 Å². The number of urea groups is 1. The maximum atomic E-state index is 13.5. The molecule has 0 bridgehead atoms. The molecule has 1 aromatic carbocycles. The number of rotatable bonds is 7. The van der Waals surface area contributed by atoms with Crippen molar-refractivity contribution >= 4 is 23.8 Å². The molecule has 210 valence electrons. The first-order chi connectivity index (χ1) is 18.2.